The van der Waals surface area contributed by atoms with E-state index >= 15 is 0 Å². The Morgan fingerprint density at radius 3 is 2.72 bits per heavy atom. The fraction of sp³-hybridized carbons (Fsp3) is 0.312. The highest BCUT2D eigenvalue weighted by molar-refractivity contribution is 8.04. The Labute approximate surface area is 202 Å². The molecule has 0 spiro atoms. The van der Waals surface area contributed by atoms with Crippen LogP contribution in [0.4, 0.5) is 5.13 Å². The molecule has 0 saturated carbocycles. The number of thiazole rings is 2. The van der Waals surface area contributed by atoms with Crippen LogP contribution in [0.15, 0.2) is 26.3 Å². The Morgan fingerprint density at radius 2 is 2.16 bits per heavy atom. The number of nitrogens with zero attached hydrogens (tertiary/aromatic N) is 4. The van der Waals surface area contributed by atoms with Gasteiger partial charge in [0.15, 0.2) is 9.47 Å². The highest BCUT2D eigenvalue weighted by Crippen LogP contribution is 2.44. The van der Waals surface area contributed by atoms with Gasteiger partial charge in [-0.3, -0.25) is 14.5 Å². The van der Waals surface area contributed by atoms with Crippen molar-refractivity contribution in [1.29, 1.82) is 0 Å². The summed E-state index contributed by atoms with van der Waals surface area (Å²) in [4.78, 5) is 58.2. The SMILES string of the molecule is Nc1nc(C(N=O)C(=O)NC2C(=O)N3C(C(=O)O)=C(Sc4ncc(Cl)s4)CCC23)c(Cl)s1. The van der Waals surface area contributed by atoms with Crippen molar-refractivity contribution < 1.29 is 19.5 Å². The average molecular weight is 535 g/mol. The summed E-state index contributed by atoms with van der Waals surface area (Å²) in [5, 5.41) is 15.0. The fourth-order valence-corrected chi connectivity index (χ4v) is 6.78. The lowest BCUT2D eigenvalue weighted by atomic mass is 9.86. The normalized spacial score (nSPS) is 21.1. The standard InChI is InChI=1S/C16H12Cl2N6O5S3/c17-6-3-20-16(31-6)30-5-2-1-4-7(13(26)24(4)10(5)14(27)28)21-12(25)9(23-29)8-11(18)32-15(19)22-8/h3-4,7,9H,1-2H2,(H2,19,22)(H,21,25)(H,27,28). The second kappa shape index (κ2) is 8.94. The summed E-state index contributed by atoms with van der Waals surface area (Å²) in [6, 6.07) is -3.17. The molecule has 0 bridgehead atoms. The summed E-state index contributed by atoms with van der Waals surface area (Å²) < 4.78 is 1.06. The highest BCUT2D eigenvalue weighted by Gasteiger charge is 2.54. The zero-order valence-corrected chi connectivity index (χ0v) is 19.6. The minimum Gasteiger partial charge on any atom is -0.477 e. The lowest BCUT2D eigenvalue weighted by Crippen LogP contribution is -2.71. The summed E-state index contributed by atoms with van der Waals surface area (Å²) in [6.07, 6.45) is 2.22. The number of allylic oxidation sites excluding steroid dienone is 1. The molecule has 2 aromatic heterocycles. The van der Waals surface area contributed by atoms with Gasteiger partial charge in [-0.2, -0.15) is 0 Å². The third-order valence-corrected chi connectivity index (χ3v) is 8.25. The maximum absolute atomic E-state index is 12.8. The third kappa shape index (κ3) is 4.08. The number of halogens is 2. The lowest BCUT2D eigenvalue weighted by Gasteiger charge is -2.50. The Balaban J connectivity index is 1.52. The number of nitrogen functional groups attached to an aromatic ring is 1. The molecular formula is C16H12Cl2N6O5S3. The zero-order chi connectivity index (χ0) is 23.2. The molecule has 0 aliphatic carbocycles. The molecule has 3 unspecified atom stereocenters. The monoisotopic (exact) mass is 534 g/mol. The zero-order valence-electron chi connectivity index (χ0n) is 15.7. The van der Waals surface area contributed by atoms with E-state index in [1.165, 1.54) is 17.5 Å². The number of anilines is 1. The molecule has 4 heterocycles. The van der Waals surface area contributed by atoms with Crippen molar-refractivity contribution >= 4 is 80.6 Å². The lowest BCUT2D eigenvalue weighted by molar-refractivity contribution is -0.156. The van der Waals surface area contributed by atoms with Crippen LogP contribution in [-0.2, 0) is 14.4 Å². The molecule has 32 heavy (non-hydrogen) atoms. The molecule has 11 nitrogen and oxygen atoms in total. The molecule has 16 heteroatoms. The van der Waals surface area contributed by atoms with E-state index in [1.54, 1.807) is 0 Å². The number of nitrogens with one attached hydrogen (secondary N) is 1. The van der Waals surface area contributed by atoms with Crippen LogP contribution < -0.4 is 11.1 Å². The van der Waals surface area contributed by atoms with Crippen molar-refractivity contribution in [2.24, 2.45) is 5.18 Å². The summed E-state index contributed by atoms with van der Waals surface area (Å²) in [5.74, 6) is -2.75. The first-order valence-electron chi connectivity index (χ1n) is 8.84. The van der Waals surface area contributed by atoms with Crippen LogP contribution in [0.1, 0.15) is 24.6 Å². The van der Waals surface area contributed by atoms with Gasteiger partial charge in [0, 0.05) is 4.91 Å². The summed E-state index contributed by atoms with van der Waals surface area (Å²) >= 11 is 15.1. The first-order chi connectivity index (χ1) is 15.2. The Kier molecular flexibility index (Phi) is 6.40. The number of thioether (sulfide) groups is 1. The number of carboxylic acid groups (broad SMARTS) is 1. The molecule has 168 valence electrons. The van der Waals surface area contributed by atoms with E-state index in [-0.39, 0.29) is 20.9 Å². The van der Waals surface area contributed by atoms with E-state index in [4.69, 9.17) is 28.9 Å². The number of hydrogen-bond acceptors (Lipinski definition) is 11. The molecule has 3 atom stereocenters. The molecule has 0 aromatic carbocycles. The predicted octanol–water partition coefficient (Wildman–Crippen LogP) is 2.87. The quantitative estimate of drug-likeness (QED) is 0.357. The van der Waals surface area contributed by atoms with Gasteiger partial charge in [-0.25, -0.2) is 14.8 Å². The number of nitroso groups, excluding NO2 is 1. The van der Waals surface area contributed by atoms with Gasteiger partial charge in [-0.05, 0) is 18.0 Å². The number of carbonyl (C=O) groups is 3. The first-order valence-corrected chi connectivity index (χ1v) is 12.0. The number of amides is 2. The number of β-lactam (4-membered cyclic amide) rings is 1. The number of fused-ring (bicyclic) bond motifs is 1. The second-order valence-corrected chi connectivity index (χ2v) is 11.3. The van der Waals surface area contributed by atoms with Gasteiger partial charge in [0.25, 0.3) is 11.8 Å². The molecule has 2 aliphatic rings. The van der Waals surface area contributed by atoms with E-state index in [2.05, 4.69) is 20.5 Å². The molecule has 2 amide bonds. The number of nitrogens with two attached hydrogens (primary N) is 1. The minimum absolute atomic E-state index is 0.0431. The molecule has 4 rings (SSSR count). The Bertz CT molecular complexity index is 1170. The van der Waals surface area contributed by atoms with Crippen LogP contribution in [0.5, 0.6) is 0 Å². The Hall–Kier alpha value is -2.26. The molecule has 4 N–H and O–H groups in total. The van der Waals surface area contributed by atoms with Crippen LogP contribution >= 0.6 is 57.6 Å². The summed E-state index contributed by atoms with van der Waals surface area (Å²) in [5.41, 5.74) is 5.29. The molecular weight excluding hydrogens is 523 g/mol. The van der Waals surface area contributed by atoms with Gasteiger partial charge in [0.05, 0.1) is 12.2 Å². The molecule has 1 saturated heterocycles. The molecule has 2 aliphatic heterocycles. The van der Waals surface area contributed by atoms with Gasteiger partial charge >= 0.3 is 5.97 Å². The van der Waals surface area contributed by atoms with E-state index in [1.807, 2.05) is 0 Å². The van der Waals surface area contributed by atoms with Crippen molar-refractivity contribution in [2.45, 2.75) is 35.3 Å². The van der Waals surface area contributed by atoms with Crippen molar-refractivity contribution in [1.82, 2.24) is 20.2 Å². The number of carboxylic acids is 1. The van der Waals surface area contributed by atoms with Crippen LogP contribution in [0.25, 0.3) is 0 Å². The third-order valence-electron chi connectivity index (χ3n) is 4.80. The summed E-state index contributed by atoms with van der Waals surface area (Å²) in [7, 11) is 0. The summed E-state index contributed by atoms with van der Waals surface area (Å²) in [6.45, 7) is 0. The predicted molar refractivity (Wildman–Crippen MR) is 120 cm³/mol. The maximum Gasteiger partial charge on any atom is 0.353 e. The fourth-order valence-electron chi connectivity index (χ4n) is 3.47. The van der Waals surface area contributed by atoms with Gasteiger partial charge in [0.2, 0.25) is 6.04 Å². The molecule has 0 radical (unpaired) electrons. The number of aromatic nitrogens is 2. The van der Waals surface area contributed by atoms with Gasteiger partial charge in [-0.15, -0.1) is 4.91 Å². The molecule has 2 aromatic rings. The minimum atomic E-state index is -1.59. The smallest absolute Gasteiger partial charge is 0.353 e. The van der Waals surface area contributed by atoms with Gasteiger partial charge < -0.3 is 16.2 Å². The number of rotatable bonds is 7. The van der Waals surface area contributed by atoms with Crippen molar-refractivity contribution in [3.8, 4) is 0 Å². The van der Waals surface area contributed by atoms with Gasteiger partial charge in [-0.1, -0.05) is 57.6 Å². The number of aliphatic carboxylic acids is 1. The molecule has 1 fully saturated rings. The first kappa shape index (κ1) is 22.9. The van der Waals surface area contributed by atoms with Crippen LogP contribution in [-0.4, -0.2) is 49.8 Å². The second-order valence-electron chi connectivity index (χ2n) is 6.63. The van der Waals surface area contributed by atoms with Gasteiger partial charge in [0.1, 0.15) is 26.1 Å². The topological polar surface area (TPSA) is 168 Å². The average Bonchev–Trinajstić information content (AvgIpc) is 3.30. The number of hydrogen-bond donors (Lipinski definition) is 3. The maximum atomic E-state index is 12.8. The van der Waals surface area contributed by atoms with Crippen molar-refractivity contribution in [3.63, 3.8) is 0 Å². The van der Waals surface area contributed by atoms with E-state index in [9.17, 15) is 24.4 Å². The van der Waals surface area contributed by atoms with E-state index < -0.39 is 35.9 Å². The van der Waals surface area contributed by atoms with E-state index in [0.717, 1.165) is 28.0 Å². The largest absolute Gasteiger partial charge is 0.477 e. The van der Waals surface area contributed by atoms with Crippen LogP contribution in [0.2, 0.25) is 8.67 Å². The van der Waals surface area contributed by atoms with Crippen LogP contribution in [0.3, 0.4) is 0 Å². The van der Waals surface area contributed by atoms with Crippen molar-refractivity contribution in [3.05, 3.63) is 36.1 Å². The highest BCUT2D eigenvalue weighted by atomic mass is 35.5. The van der Waals surface area contributed by atoms with Crippen LogP contribution in [0, 0.1) is 4.91 Å². The Morgan fingerprint density at radius 1 is 1.41 bits per heavy atom. The van der Waals surface area contributed by atoms with E-state index in [0.29, 0.717) is 26.4 Å². The van der Waals surface area contributed by atoms with Crippen molar-refractivity contribution in [2.75, 3.05) is 5.73 Å². The number of carbonyl (C=O) groups excluding carboxylic acids is 2.